The van der Waals surface area contributed by atoms with Gasteiger partial charge in [0, 0.05) is 18.9 Å². The number of benzene rings is 1. The van der Waals surface area contributed by atoms with Gasteiger partial charge < -0.3 is 10.0 Å². The first-order valence-electron chi connectivity index (χ1n) is 5.15. The van der Waals surface area contributed by atoms with E-state index >= 15 is 0 Å². The molecule has 86 valence electrons. The molecule has 0 aliphatic carbocycles. The quantitative estimate of drug-likeness (QED) is 0.856. The average Bonchev–Trinajstić information content (AvgIpc) is 2.38. The maximum absolute atomic E-state index is 12.1. The zero-order chi connectivity index (χ0) is 12.3. The van der Waals surface area contributed by atoms with Gasteiger partial charge in [-0.2, -0.15) is 0 Å². The Balaban J connectivity index is 2.27. The summed E-state index contributed by atoms with van der Waals surface area (Å²) in [6.07, 6.45) is 2.72. The monoisotopic (exact) mass is 228 g/mol. The summed E-state index contributed by atoms with van der Waals surface area (Å²) in [5, 5.41) is 9.28. The number of rotatable bonds is 2. The Kier molecular flexibility index (Phi) is 3.05. The Morgan fingerprint density at radius 2 is 1.94 bits per heavy atom. The van der Waals surface area contributed by atoms with E-state index in [0.717, 1.165) is 5.69 Å². The van der Waals surface area contributed by atoms with Crippen LogP contribution in [0.1, 0.15) is 10.4 Å². The first kappa shape index (κ1) is 11.1. The molecule has 17 heavy (non-hydrogen) atoms. The minimum absolute atomic E-state index is 0.0164. The summed E-state index contributed by atoms with van der Waals surface area (Å²) in [7, 11) is 1.68. The summed E-state index contributed by atoms with van der Waals surface area (Å²) in [4.78, 5) is 17.4. The van der Waals surface area contributed by atoms with Crippen molar-refractivity contribution in [1.82, 2.24) is 4.98 Å². The molecule has 4 heteroatoms. The number of carbonyl (C=O) groups is 1. The van der Waals surface area contributed by atoms with Crippen molar-refractivity contribution in [3.8, 4) is 5.75 Å². The molecule has 0 aliphatic rings. The van der Waals surface area contributed by atoms with Gasteiger partial charge in [0.1, 0.15) is 5.75 Å². The number of para-hydroxylation sites is 1. The van der Waals surface area contributed by atoms with Gasteiger partial charge in [-0.15, -0.1) is 0 Å². The molecule has 0 bridgehead atoms. The standard InChI is InChI=1S/C13H12N2O2/c1-15(11-5-3-2-4-6-11)13(17)10-7-12(16)9-14-8-10/h2-9,16H,1H3. The maximum Gasteiger partial charge on any atom is 0.259 e. The van der Waals surface area contributed by atoms with Crippen molar-refractivity contribution in [3.63, 3.8) is 0 Å². The molecule has 1 aromatic heterocycles. The average molecular weight is 228 g/mol. The van der Waals surface area contributed by atoms with Crippen molar-refractivity contribution < 1.29 is 9.90 Å². The highest BCUT2D eigenvalue weighted by Crippen LogP contribution is 2.16. The Morgan fingerprint density at radius 1 is 1.24 bits per heavy atom. The Labute approximate surface area is 99.2 Å². The Hall–Kier alpha value is -2.36. The molecule has 0 saturated carbocycles. The molecule has 0 saturated heterocycles. The summed E-state index contributed by atoms with van der Waals surface area (Å²) in [6, 6.07) is 10.7. The molecule has 1 heterocycles. The van der Waals surface area contributed by atoms with Crippen molar-refractivity contribution in [2.24, 2.45) is 0 Å². The summed E-state index contributed by atoms with van der Waals surface area (Å²) in [6.45, 7) is 0. The fourth-order valence-corrected chi connectivity index (χ4v) is 1.51. The second-order valence-corrected chi connectivity index (χ2v) is 3.63. The number of amides is 1. The lowest BCUT2D eigenvalue weighted by Crippen LogP contribution is -2.26. The van der Waals surface area contributed by atoms with Gasteiger partial charge in [0.25, 0.3) is 5.91 Å². The number of carbonyl (C=O) groups excluding carboxylic acids is 1. The van der Waals surface area contributed by atoms with E-state index in [1.54, 1.807) is 7.05 Å². The van der Waals surface area contributed by atoms with Crippen LogP contribution in [0, 0.1) is 0 Å². The second-order valence-electron chi connectivity index (χ2n) is 3.63. The number of anilines is 1. The molecule has 0 atom stereocenters. The van der Waals surface area contributed by atoms with Crippen LogP contribution in [0.3, 0.4) is 0 Å². The molecule has 2 rings (SSSR count). The van der Waals surface area contributed by atoms with Gasteiger partial charge in [0.15, 0.2) is 0 Å². The first-order valence-corrected chi connectivity index (χ1v) is 5.15. The molecule has 0 aliphatic heterocycles. The van der Waals surface area contributed by atoms with Crippen LogP contribution in [0.15, 0.2) is 48.8 Å². The molecule has 0 unspecified atom stereocenters. The number of hydrogen-bond donors (Lipinski definition) is 1. The smallest absolute Gasteiger partial charge is 0.259 e. The van der Waals surface area contributed by atoms with E-state index in [9.17, 15) is 9.90 Å². The Bertz CT molecular complexity index is 526. The van der Waals surface area contributed by atoms with Crippen molar-refractivity contribution >= 4 is 11.6 Å². The van der Waals surface area contributed by atoms with Crippen LogP contribution >= 0.6 is 0 Å². The summed E-state index contributed by atoms with van der Waals surface area (Å²) < 4.78 is 0. The second kappa shape index (κ2) is 4.65. The van der Waals surface area contributed by atoms with Gasteiger partial charge >= 0.3 is 0 Å². The highest BCUT2D eigenvalue weighted by Gasteiger charge is 2.13. The molecule has 1 aromatic carbocycles. The number of hydrogen-bond acceptors (Lipinski definition) is 3. The highest BCUT2D eigenvalue weighted by molar-refractivity contribution is 6.05. The van der Waals surface area contributed by atoms with Crippen molar-refractivity contribution in [2.45, 2.75) is 0 Å². The molecule has 0 fully saturated rings. The van der Waals surface area contributed by atoms with Crippen molar-refractivity contribution in [2.75, 3.05) is 11.9 Å². The summed E-state index contributed by atoms with van der Waals surface area (Å²) in [5.41, 5.74) is 1.15. The molecule has 0 spiro atoms. The van der Waals surface area contributed by atoms with E-state index in [-0.39, 0.29) is 11.7 Å². The van der Waals surface area contributed by atoms with Gasteiger partial charge in [-0.05, 0) is 18.2 Å². The predicted octanol–water partition coefficient (Wildman–Crippen LogP) is 2.06. The van der Waals surface area contributed by atoms with Gasteiger partial charge in [-0.3, -0.25) is 9.78 Å². The Morgan fingerprint density at radius 3 is 2.59 bits per heavy atom. The third-order valence-electron chi connectivity index (χ3n) is 2.42. The zero-order valence-corrected chi connectivity index (χ0v) is 9.37. The summed E-state index contributed by atoms with van der Waals surface area (Å²) >= 11 is 0. The fourth-order valence-electron chi connectivity index (χ4n) is 1.51. The topological polar surface area (TPSA) is 53.4 Å². The number of aromatic nitrogens is 1. The maximum atomic E-state index is 12.1. The summed E-state index contributed by atoms with van der Waals surface area (Å²) in [5.74, 6) is -0.225. The number of nitrogens with zero attached hydrogens (tertiary/aromatic N) is 2. The fraction of sp³-hybridized carbons (Fsp3) is 0.0769. The van der Waals surface area contributed by atoms with Crippen LogP contribution in [0.25, 0.3) is 0 Å². The minimum atomic E-state index is -0.209. The van der Waals surface area contributed by atoms with Gasteiger partial charge in [-0.1, -0.05) is 18.2 Å². The van der Waals surface area contributed by atoms with Crippen LogP contribution in [0.2, 0.25) is 0 Å². The van der Waals surface area contributed by atoms with Crippen LogP contribution in [-0.4, -0.2) is 23.0 Å². The lowest BCUT2D eigenvalue weighted by Gasteiger charge is -2.16. The van der Waals surface area contributed by atoms with Crippen molar-refractivity contribution in [1.29, 1.82) is 0 Å². The van der Waals surface area contributed by atoms with Crippen LogP contribution in [-0.2, 0) is 0 Å². The molecule has 0 radical (unpaired) electrons. The third kappa shape index (κ3) is 2.42. The van der Waals surface area contributed by atoms with E-state index in [2.05, 4.69) is 4.98 Å². The molecule has 1 amide bonds. The molecule has 4 nitrogen and oxygen atoms in total. The minimum Gasteiger partial charge on any atom is -0.506 e. The predicted molar refractivity (Wildman–Crippen MR) is 65.1 cm³/mol. The van der Waals surface area contributed by atoms with E-state index in [1.165, 1.54) is 23.4 Å². The van der Waals surface area contributed by atoms with E-state index in [4.69, 9.17) is 0 Å². The lowest BCUT2D eigenvalue weighted by atomic mass is 10.2. The van der Waals surface area contributed by atoms with Gasteiger partial charge in [0.05, 0.1) is 11.8 Å². The molecular formula is C13H12N2O2. The highest BCUT2D eigenvalue weighted by atomic mass is 16.3. The largest absolute Gasteiger partial charge is 0.506 e. The first-order chi connectivity index (χ1) is 8.18. The van der Waals surface area contributed by atoms with Crippen molar-refractivity contribution in [3.05, 3.63) is 54.4 Å². The van der Waals surface area contributed by atoms with Crippen LogP contribution in [0.4, 0.5) is 5.69 Å². The van der Waals surface area contributed by atoms with Gasteiger partial charge in [-0.25, -0.2) is 0 Å². The zero-order valence-electron chi connectivity index (χ0n) is 9.37. The SMILES string of the molecule is CN(C(=O)c1cncc(O)c1)c1ccccc1. The van der Waals surface area contributed by atoms with Gasteiger partial charge in [0.2, 0.25) is 0 Å². The van der Waals surface area contributed by atoms with E-state index < -0.39 is 0 Å². The van der Waals surface area contributed by atoms with E-state index in [1.807, 2.05) is 30.3 Å². The normalized spacial score (nSPS) is 9.94. The number of aromatic hydroxyl groups is 1. The van der Waals surface area contributed by atoms with Crippen LogP contribution < -0.4 is 4.90 Å². The van der Waals surface area contributed by atoms with Crippen LogP contribution in [0.5, 0.6) is 5.75 Å². The molecule has 2 aromatic rings. The lowest BCUT2D eigenvalue weighted by molar-refractivity contribution is 0.0992. The van der Waals surface area contributed by atoms with E-state index in [0.29, 0.717) is 5.56 Å². The molecule has 1 N–H and O–H groups in total. The number of pyridine rings is 1. The molecular weight excluding hydrogens is 216 g/mol. The third-order valence-corrected chi connectivity index (χ3v) is 2.42.